The Bertz CT molecular complexity index is 502. The number of ether oxygens (including phenoxy) is 2. The first-order valence-electron chi connectivity index (χ1n) is 7.44. The van der Waals surface area contributed by atoms with Gasteiger partial charge in [-0.2, -0.15) is 0 Å². The highest BCUT2D eigenvalue weighted by Crippen LogP contribution is 2.34. The Kier molecular flexibility index (Phi) is 5.07. The van der Waals surface area contributed by atoms with Crippen LogP contribution in [0.5, 0.6) is 11.5 Å². The number of nitrogens with two attached hydrogens (primary N) is 1. The number of carbonyl (C=O) groups excluding carboxylic acids is 1. The second-order valence-corrected chi connectivity index (χ2v) is 5.51. The first-order valence-corrected chi connectivity index (χ1v) is 7.44. The summed E-state index contributed by atoms with van der Waals surface area (Å²) in [5.41, 5.74) is 6.89. The van der Waals surface area contributed by atoms with E-state index >= 15 is 0 Å². The molecule has 0 aliphatic carbocycles. The van der Waals surface area contributed by atoms with Crippen molar-refractivity contribution in [3.63, 3.8) is 0 Å². The van der Waals surface area contributed by atoms with Gasteiger partial charge in [0, 0.05) is 26.1 Å². The number of amides is 1. The molecule has 2 unspecified atom stereocenters. The molecule has 1 amide bonds. The van der Waals surface area contributed by atoms with Crippen molar-refractivity contribution in [1.29, 1.82) is 0 Å². The van der Waals surface area contributed by atoms with E-state index in [2.05, 4.69) is 0 Å². The number of hydrogen-bond acceptors (Lipinski definition) is 4. The zero-order valence-electron chi connectivity index (χ0n) is 13.0. The number of likely N-dealkylation sites (N-methyl/N-ethyl adjacent to an activating group) is 1. The summed E-state index contributed by atoms with van der Waals surface area (Å²) in [5.74, 6) is 1.36. The molecular formula is C16H24N2O3. The average Bonchev–Trinajstić information content (AvgIpc) is 2.74. The predicted molar refractivity (Wildman–Crippen MR) is 81.6 cm³/mol. The minimum atomic E-state index is -0.427. The van der Waals surface area contributed by atoms with Gasteiger partial charge in [-0.05, 0) is 31.9 Å². The van der Waals surface area contributed by atoms with E-state index in [1.54, 1.807) is 11.9 Å². The fourth-order valence-electron chi connectivity index (χ4n) is 2.51. The van der Waals surface area contributed by atoms with Crippen molar-refractivity contribution >= 4 is 5.91 Å². The van der Waals surface area contributed by atoms with Crippen LogP contribution >= 0.6 is 0 Å². The Morgan fingerprint density at radius 1 is 1.48 bits per heavy atom. The molecule has 1 fully saturated rings. The molecule has 1 aromatic rings. The lowest BCUT2D eigenvalue weighted by Crippen LogP contribution is -2.30. The topological polar surface area (TPSA) is 64.8 Å². The predicted octanol–water partition coefficient (Wildman–Crippen LogP) is 1.58. The van der Waals surface area contributed by atoms with E-state index < -0.39 is 6.10 Å². The molecule has 0 spiro atoms. The zero-order chi connectivity index (χ0) is 15.4. The molecule has 5 heteroatoms. The summed E-state index contributed by atoms with van der Waals surface area (Å²) in [7, 11) is 1.79. The van der Waals surface area contributed by atoms with Crippen LogP contribution in [0.2, 0.25) is 0 Å². The van der Waals surface area contributed by atoms with Gasteiger partial charge in [0.25, 0.3) is 5.91 Å². The number of nitrogens with zero attached hydrogens (tertiary/aromatic N) is 1. The largest absolute Gasteiger partial charge is 0.490 e. The van der Waals surface area contributed by atoms with Crippen LogP contribution in [0.15, 0.2) is 18.2 Å². The number of hydrogen-bond donors (Lipinski definition) is 1. The van der Waals surface area contributed by atoms with Crippen LogP contribution in [0.1, 0.15) is 25.8 Å². The molecule has 1 aromatic carbocycles. The normalized spacial score (nSPS) is 19.7. The van der Waals surface area contributed by atoms with Gasteiger partial charge >= 0.3 is 0 Å². The van der Waals surface area contributed by atoms with E-state index in [9.17, 15) is 4.79 Å². The van der Waals surface area contributed by atoms with Crippen LogP contribution in [-0.2, 0) is 11.2 Å². The molecule has 116 valence electrons. The molecule has 1 aliphatic heterocycles. The smallest absolute Gasteiger partial charge is 0.263 e. The molecule has 1 aliphatic rings. The van der Waals surface area contributed by atoms with Crippen LogP contribution in [0.25, 0.3) is 0 Å². The number of para-hydroxylation sites is 1. The molecule has 21 heavy (non-hydrogen) atoms. The van der Waals surface area contributed by atoms with Gasteiger partial charge in [-0.1, -0.05) is 12.1 Å². The minimum Gasteiger partial charge on any atom is -0.490 e. The highest BCUT2D eigenvalue weighted by molar-refractivity contribution is 5.83. The van der Waals surface area contributed by atoms with Crippen molar-refractivity contribution in [2.75, 3.05) is 20.2 Å². The van der Waals surface area contributed by atoms with Gasteiger partial charge in [-0.3, -0.25) is 4.79 Å². The highest BCUT2D eigenvalue weighted by Gasteiger charge is 2.32. The van der Waals surface area contributed by atoms with Crippen molar-refractivity contribution in [3.8, 4) is 11.5 Å². The van der Waals surface area contributed by atoms with E-state index in [0.717, 1.165) is 12.1 Å². The third-order valence-electron chi connectivity index (χ3n) is 3.54. The Balaban J connectivity index is 2.27. The van der Waals surface area contributed by atoms with Gasteiger partial charge in [0.05, 0.1) is 6.61 Å². The van der Waals surface area contributed by atoms with Gasteiger partial charge in [0.1, 0.15) is 0 Å². The van der Waals surface area contributed by atoms with E-state index in [4.69, 9.17) is 15.2 Å². The van der Waals surface area contributed by atoms with Gasteiger partial charge in [0.2, 0.25) is 0 Å². The maximum Gasteiger partial charge on any atom is 0.263 e. The summed E-state index contributed by atoms with van der Waals surface area (Å²) >= 11 is 0. The lowest BCUT2D eigenvalue weighted by molar-refractivity contribution is -0.132. The molecule has 0 radical (unpaired) electrons. The van der Waals surface area contributed by atoms with E-state index in [1.165, 1.54) is 0 Å². The van der Waals surface area contributed by atoms with Crippen molar-refractivity contribution < 1.29 is 14.3 Å². The zero-order valence-corrected chi connectivity index (χ0v) is 13.0. The maximum atomic E-state index is 12.0. The van der Waals surface area contributed by atoms with Crippen LogP contribution in [0.3, 0.4) is 0 Å². The fraction of sp³-hybridized carbons (Fsp3) is 0.562. The lowest BCUT2D eigenvalue weighted by atomic mass is 10.1. The standard InChI is InChI=1S/C16H24N2O3/c1-4-20-13-7-5-6-12(10-11(2)17)15(13)21-14-8-9-18(3)16(14)19/h5-7,11,14H,4,8-10,17H2,1-3H3. The van der Waals surface area contributed by atoms with Gasteiger partial charge < -0.3 is 20.1 Å². The molecule has 0 bridgehead atoms. The van der Waals surface area contributed by atoms with Gasteiger partial charge in [-0.15, -0.1) is 0 Å². The van der Waals surface area contributed by atoms with E-state index in [1.807, 2.05) is 32.0 Å². The Morgan fingerprint density at radius 2 is 2.24 bits per heavy atom. The molecule has 1 saturated heterocycles. The van der Waals surface area contributed by atoms with Crippen molar-refractivity contribution in [2.24, 2.45) is 5.73 Å². The molecule has 1 heterocycles. The van der Waals surface area contributed by atoms with Gasteiger partial charge in [0.15, 0.2) is 17.6 Å². The van der Waals surface area contributed by atoms with Crippen LogP contribution in [0.4, 0.5) is 0 Å². The number of rotatable bonds is 6. The minimum absolute atomic E-state index is 0.0196. The lowest BCUT2D eigenvalue weighted by Gasteiger charge is -2.20. The summed E-state index contributed by atoms with van der Waals surface area (Å²) in [5, 5.41) is 0. The molecule has 2 atom stereocenters. The second-order valence-electron chi connectivity index (χ2n) is 5.51. The summed E-state index contributed by atoms with van der Waals surface area (Å²) in [6, 6.07) is 5.79. The fourth-order valence-corrected chi connectivity index (χ4v) is 2.51. The number of benzene rings is 1. The quantitative estimate of drug-likeness (QED) is 0.864. The highest BCUT2D eigenvalue weighted by atomic mass is 16.5. The van der Waals surface area contributed by atoms with Crippen LogP contribution in [-0.4, -0.2) is 43.2 Å². The Hall–Kier alpha value is -1.75. The molecule has 5 nitrogen and oxygen atoms in total. The third-order valence-corrected chi connectivity index (χ3v) is 3.54. The summed E-state index contributed by atoms with van der Waals surface area (Å²) in [4.78, 5) is 13.7. The average molecular weight is 292 g/mol. The number of likely N-dealkylation sites (tertiary alicyclic amines) is 1. The van der Waals surface area contributed by atoms with Crippen molar-refractivity contribution in [3.05, 3.63) is 23.8 Å². The Morgan fingerprint density at radius 3 is 2.81 bits per heavy atom. The molecule has 2 N–H and O–H groups in total. The van der Waals surface area contributed by atoms with Crippen LogP contribution < -0.4 is 15.2 Å². The first-order chi connectivity index (χ1) is 10.0. The maximum absolute atomic E-state index is 12.0. The SMILES string of the molecule is CCOc1cccc(CC(C)N)c1OC1CCN(C)C1=O. The molecular weight excluding hydrogens is 268 g/mol. The Labute approximate surface area is 126 Å². The summed E-state index contributed by atoms with van der Waals surface area (Å²) < 4.78 is 11.6. The molecule has 0 saturated carbocycles. The molecule has 0 aromatic heterocycles. The summed E-state index contributed by atoms with van der Waals surface area (Å²) in [6.45, 7) is 5.15. The monoisotopic (exact) mass is 292 g/mol. The van der Waals surface area contributed by atoms with Gasteiger partial charge in [-0.25, -0.2) is 0 Å². The second kappa shape index (κ2) is 6.80. The third kappa shape index (κ3) is 3.67. The number of carbonyl (C=O) groups is 1. The van der Waals surface area contributed by atoms with E-state index in [0.29, 0.717) is 30.9 Å². The van der Waals surface area contributed by atoms with Crippen molar-refractivity contribution in [1.82, 2.24) is 4.90 Å². The first kappa shape index (κ1) is 15.6. The van der Waals surface area contributed by atoms with Crippen LogP contribution in [0, 0.1) is 0 Å². The van der Waals surface area contributed by atoms with E-state index in [-0.39, 0.29) is 11.9 Å². The molecule has 2 rings (SSSR count). The summed E-state index contributed by atoms with van der Waals surface area (Å²) in [6.07, 6.45) is 0.962. The van der Waals surface area contributed by atoms with Crippen molar-refractivity contribution in [2.45, 2.75) is 38.8 Å².